The average molecular weight is 493 g/mol. The van der Waals surface area contributed by atoms with Crippen molar-refractivity contribution in [3.63, 3.8) is 0 Å². The molecule has 2 aliphatic rings. The van der Waals surface area contributed by atoms with Crippen LogP contribution in [0, 0.1) is 0 Å². The first-order valence-electron chi connectivity index (χ1n) is 12.0. The maximum Gasteiger partial charge on any atom is 0.206 e. The largest absolute Gasteiger partial charge is 0.382 e. The lowest BCUT2D eigenvalue weighted by molar-refractivity contribution is 0.104. The first-order valence-corrected chi connectivity index (χ1v) is 12.8. The van der Waals surface area contributed by atoms with E-state index in [-0.39, 0.29) is 19.0 Å². The second-order valence-corrected chi connectivity index (χ2v) is 10.1. The molecule has 7 nitrogen and oxygen atoms in total. The van der Waals surface area contributed by atoms with Crippen molar-refractivity contribution in [1.29, 1.82) is 0 Å². The lowest BCUT2D eigenvalue weighted by Gasteiger charge is -2.34. The standard InChI is InChI=1S/C26H32N6OS.CH4/c1-30-15-17-32(18-16-30)22-11-7-20(8-12-22)28-26-29-25(27)24(34-26)23(33)19-5-9-21(10-6-19)31-13-3-2-4-14-31;/h5-12H,2-4,13-18,27H2,1H3,(H,28,29);1H4. The number of piperidine rings is 1. The van der Waals surface area contributed by atoms with Crippen molar-refractivity contribution in [2.45, 2.75) is 26.7 Å². The highest BCUT2D eigenvalue weighted by Crippen LogP contribution is 2.31. The van der Waals surface area contributed by atoms with Crippen molar-refractivity contribution >= 4 is 45.1 Å². The Morgan fingerprint density at radius 1 is 0.857 bits per heavy atom. The average Bonchev–Trinajstić information content (AvgIpc) is 3.25. The van der Waals surface area contributed by atoms with Gasteiger partial charge in [0.25, 0.3) is 0 Å². The van der Waals surface area contributed by atoms with Gasteiger partial charge in [-0.1, -0.05) is 18.8 Å². The van der Waals surface area contributed by atoms with Crippen molar-refractivity contribution in [3.05, 3.63) is 59.0 Å². The van der Waals surface area contributed by atoms with E-state index in [1.807, 2.05) is 36.4 Å². The summed E-state index contributed by atoms with van der Waals surface area (Å²) in [5.74, 6) is 0.185. The lowest BCUT2D eigenvalue weighted by Crippen LogP contribution is -2.44. The number of rotatable bonds is 6. The molecule has 8 heteroatoms. The molecule has 35 heavy (non-hydrogen) atoms. The fourth-order valence-corrected chi connectivity index (χ4v) is 5.47. The molecular weight excluding hydrogens is 456 g/mol. The number of thiazole rings is 1. The zero-order valence-corrected chi connectivity index (χ0v) is 20.5. The smallest absolute Gasteiger partial charge is 0.206 e. The molecule has 0 bridgehead atoms. The minimum Gasteiger partial charge on any atom is -0.382 e. The molecule has 3 aromatic rings. The maximum absolute atomic E-state index is 13.1. The molecule has 0 spiro atoms. The highest BCUT2D eigenvalue weighted by atomic mass is 32.1. The van der Waals surface area contributed by atoms with Gasteiger partial charge in [-0.15, -0.1) is 0 Å². The van der Waals surface area contributed by atoms with E-state index in [0.29, 0.717) is 15.6 Å². The van der Waals surface area contributed by atoms with Crippen LogP contribution in [0.5, 0.6) is 0 Å². The number of carbonyl (C=O) groups is 1. The molecule has 2 fully saturated rings. The van der Waals surface area contributed by atoms with Gasteiger partial charge in [0.1, 0.15) is 10.7 Å². The summed E-state index contributed by atoms with van der Waals surface area (Å²) < 4.78 is 0. The molecule has 0 saturated carbocycles. The zero-order valence-electron chi connectivity index (χ0n) is 19.7. The lowest BCUT2D eigenvalue weighted by atomic mass is 10.1. The summed E-state index contributed by atoms with van der Waals surface area (Å²) >= 11 is 1.30. The molecule has 186 valence electrons. The molecule has 5 rings (SSSR count). The summed E-state index contributed by atoms with van der Waals surface area (Å²) in [4.78, 5) is 25.1. The van der Waals surface area contributed by atoms with Gasteiger partial charge in [0.05, 0.1) is 0 Å². The minimum absolute atomic E-state index is 0. The zero-order chi connectivity index (χ0) is 23.5. The van der Waals surface area contributed by atoms with E-state index in [2.05, 4.69) is 44.2 Å². The summed E-state index contributed by atoms with van der Waals surface area (Å²) in [5.41, 5.74) is 10.1. The van der Waals surface area contributed by atoms with Crippen molar-refractivity contribution in [3.8, 4) is 0 Å². The van der Waals surface area contributed by atoms with Crippen LogP contribution in [0.25, 0.3) is 0 Å². The number of nitrogens with zero attached hydrogens (tertiary/aromatic N) is 4. The molecular formula is C27H36N6OS. The van der Waals surface area contributed by atoms with Gasteiger partial charge in [0, 0.05) is 61.9 Å². The quantitative estimate of drug-likeness (QED) is 0.465. The normalized spacial score (nSPS) is 16.6. The Bertz CT molecular complexity index is 1110. The fourth-order valence-electron chi connectivity index (χ4n) is 4.60. The predicted molar refractivity (Wildman–Crippen MR) is 149 cm³/mol. The summed E-state index contributed by atoms with van der Waals surface area (Å²) in [6.45, 7) is 6.40. The first kappa shape index (κ1) is 25.0. The molecule has 0 atom stereocenters. The van der Waals surface area contributed by atoms with E-state index >= 15 is 0 Å². The predicted octanol–water partition coefficient (Wildman–Crippen LogP) is 5.08. The molecule has 2 aliphatic heterocycles. The molecule has 3 N–H and O–H groups in total. The molecule has 0 aliphatic carbocycles. The Labute approximate surface area is 212 Å². The van der Waals surface area contributed by atoms with E-state index in [4.69, 9.17) is 5.73 Å². The van der Waals surface area contributed by atoms with Crippen LogP contribution in [0.2, 0.25) is 0 Å². The fraction of sp³-hybridized carbons (Fsp3) is 0.407. The van der Waals surface area contributed by atoms with Gasteiger partial charge in [-0.25, -0.2) is 4.98 Å². The van der Waals surface area contributed by atoms with Gasteiger partial charge < -0.3 is 25.8 Å². The number of nitrogens with two attached hydrogens (primary N) is 1. The molecule has 2 aromatic carbocycles. The monoisotopic (exact) mass is 492 g/mol. The van der Waals surface area contributed by atoms with Crippen molar-refractivity contribution in [1.82, 2.24) is 9.88 Å². The Hall–Kier alpha value is -3.10. The number of benzene rings is 2. The number of likely N-dealkylation sites (N-methyl/N-ethyl adjacent to an activating group) is 1. The van der Waals surface area contributed by atoms with E-state index < -0.39 is 0 Å². The van der Waals surface area contributed by atoms with Crippen LogP contribution in [0.1, 0.15) is 41.9 Å². The first-order chi connectivity index (χ1) is 16.6. The van der Waals surface area contributed by atoms with Crippen LogP contribution >= 0.6 is 11.3 Å². The minimum atomic E-state index is -0.0846. The second kappa shape index (κ2) is 11.1. The van der Waals surface area contributed by atoms with Crippen LogP contribution in [-0.4, -0.2) is 62.0 Å². The number of piperazine rings is 1. The summed E-state index contributed by atoms with van der Waals surface area (Å²) in [5, 5.41) is 3.93. The van der Waals surface area contributed by atoms with Gasteiger partial charge in [0.15, 0.2) is 5.13 Å². The number of hydrogen-bond donors (Lipinski definition) is 2. The second-order valence-electron chi connectivity index (χ2n) is 9.12. The van der Waals surface area contributed by atoms with Crippen molar-refractivity contribution in [2.24, 2.45) is 0 Å². The van der Waals surface area contributed by atoms with E-state index in [1.165, 1.54) is 42.0 Å². The topological polar surface area (TPSA) is 77.7 Å². The van der Waals surface area contributed by atoms with Gasteiger partial charge in [-0.3, -0.25) is 4.79 Å². The Balaban J connectivity index is 0.00000289. The number of nitrogens with one attached hydrogen (secondary N) is 1. The number of ketones is 1. The maximum atomic E-state index is 13.1. The summed E-state index contributed by atoms with van der Waals surface area (Å²) in [6, 6.07) is 16.2. The molecule has 0 radical (unpaired) electrons. The number of anilines is 5. The number of aromatic nitrogens is 1. The van der Waals surface area contributed by atoms with Gasteiger partial charge in [0.2, 0.25) is 5.78 Å². The van der Waals surface area contributed by atoms with Crippen LogP contribution < -0.4 is 20.9 Å². The highest BCUT2D eigenvalue weighted by molar-refractivity contribution is 7.18. The Kier molecular flexibility index (Phi) is 7.93. The molecule has 0 unspecified atom stereocenters. The third-order valence-corrected chi connectivity index (χ3v) is 7.68. The third kappa shape index (κ3) is 5.77. The summed E-state index contributed by atoms with van der Waals surface area (Å²) in [7, 11) is 2.16. The van der Waals surface area contributed by atoms with Crippen LogP contribution in [-0.2, 0) is 0 Å². The van der Waals surface area contributed by atoms with E-state index in [0.717, 1.165) is 45.0 Å². The molecule has 2 saturated heterocycles. The third-order valence-electron chi connectivity index (χ3n) is 6.70. The van der Waals surface area contributed by atoms with Crippen molar-refractivity contribution < 1.29 is 4.79 Å². The molecule has 3 heterocycles. The van der Waals surface area contributed by atoms with Crippen molar-refractivity contribution in [2.75, 3.05) is 67.2 Å². The summed E-state index contributed by atoms with van der Waals surface area (Å²) in [6.07, 6.45) is 3.76. The van der Waals surface area contributed by atoms with Crippen LogP contribution in [0.15, 0.2) is 48.5 Å². The van der Waals surface area contributed by atoms with Crippen LogP contribution in [0.4, 0.5) is 28.0 Å². The van der Waals surface area contributed by atoms with Crippen LogP contribution in [0.3, 0.4) is 0 Å². The Morgan fingerprint density at radius 2 is 1.43 bits per heavy atom. The van der Waals surface area contributed by atoms with E-state index in [9.17, 15) is 4.79 Å². The Morgan fingerprint density at radius 3 is 2.06 bits per heavy atom. The SMILES string of the molecule is C.CN1CCN(c2ccc(Nc3nc(N)c(C(=O)c4ccc(N5CCCCC5)cc4)s3)cc2)CC1. The number of carbonyl (C=O) groups excluding carboxylic acids is 1. The van der Waals surface area contributed by atoms with Gasteiger partial charge in [-0.05, 0) is 74.8 Å². The number of nitrogen functional groups attached to an aromatic ring is 1. The van der Waals surface area contributed by atoms with Gasteiger partial charge in [-0.2, -0.15) is 0 Å². The number of hydrogen-bond acceptors (Lipinski definition) is 8. The molecule has 0 amide bonds. The van der Waals surface area contributed by atoms with E-state index in [1.54, 1.807) is 0 Å². The molecule has 1 aromatic heterocycles. The van der Waals surface area contributed by atoms with Gasteiger partial charge >= 0.3 is 0 Å². The highest BCUT2D eigenvalue weighted by Gasteiger charge is 2.19.